The molecule has 1 saturated heterocycles. The number of hydrogen-bond donors (Lipinski definition) is 2. The van der Waals surface area contributed by atoms with Gasteiger partial charge in [-0.3, -0.25) is 9.59 Å². The highest BCUT2D eigenvalue weighted by molar-refractivity contribution is 7.99. The van der Waals surface area contributed by atoms with Gasteiger partial charge in [-0.1, -0.05) is 11.8 Å². The summed E-state index contributed by atoms with van der Waals surface area (Å²) in [6.45, 7) is 3.65. The van der Waals surface area contributed by atoms with Crippen LogP contribution in [-0.4, -0.2) is 52.1 Å². The van der Waals surface area contributed by atoms with Crippen molar-refractivity contribution in [2.24, 2.45) is 11.7 Å². The highest BCUT2D eigenvalue weighted by Crippen LogP contribution is 2.24. The molecule has 2 heterocycles. The maximum Gasteiger partial charge on any atom is 0.233 e. The SMILES string of the molecule is CCOc1ccc2nc(SCC(=O)N3CCCC(C(N)=O)C3)[nH]c2c1. The number of ether oxygens (including phenoxy) is 1. The van der Waals surface area contributed by atoms with E-state index in [1.165, 1.54) is 11.8 Å². The molecule has 1 unspecified atom stereocenters. The van der Waals surface area contributed by atoms with Gasteiger partial charge in [0.15, 0.2) is 5.16 Å². The molecule has 25 heavy (non-hydrogen) atoms. The Bertz CT molecular complexity index is 776. The summed E-state index contributed by atoms with van der Waals surface area (Å²) in [5.74, 6) is 0.519. The van der Waals surface area contributed by atoms with Gasteiger partial charge in [-0.05, 0) is 31.9 Å². The lowest BCUT2D eigenvalue weighted by Gasteiger charge is -2.31. The van der Waals surface area contributed by atoms with Crippen molar-refractivity contribution in [1.29, 1.82) is 0 Å². The summed E-state index contributed by atoms with van der Waals surface area (Å²) in [5.41, 5.74) is 7.08. The number of piperidine rings is 1. The van der Waals surface area contributed by atoms with Gasteiger partial charge < -0.3 is 20.4 Å². The molecule has 1 aromatic heterocycles. The zero-order chi connectivity index (χ0) is 17.8. The van der Waals surface area contributed by atoms with E-state index in [2.05, 4.69) is 9.97 Å². The number of nitrogens with zero attached hydrogens (tertiary/aromatic N) is 2. The van der Waals surface area contributed by atoms with Crippen LogP contribution in [0.2, 0.25) is 0 Å². The minimum Gasteiger partial charge on any atom is -0.494 e. The van der Waals surface area contributed by atoms with E-state index in [0.717, 1.165) is 29.6 Å². The Morgan fingerprint density at radius 3 is 3.08 bits per heavy atom. The van der Waals surface area contributed by atoms with Crippen LogP contribution in [0.3, 0.4) is 0 Å². The van der Waals surface area contributed by atoms with E-state index in [1.807, 2.05) is 25.1 Å². The van der Waals surface area contributed by atoms with Crippen LogP contribution in [0.25, 0.3) is 11.0 Å². The van der Waals surface area contributed by atoms with Gasteiger partial charge in [-0.2, -0.15) is 0 Å². The van der Waals surface area contributed by atoms with Gasteiger partial charge in [-0.25, -0.2) is 4.98 Å². The van der Waals surface area contributed by atoms with E-state index in [0.29, 0.717) is 24.9 Å². The fraction of sp³-hybridized carbons (Fsp3) is 0.471. The third-order valence-corrected chi connectivity index (χ3v) is 5.11. The predicted octanol–water partition coefficient (Wildman–Crippen LogP) is 1.78. The average molecular weight is 362 g/mol. The Labute approximate surface area is 150 Å². The first-order chi connectivity index (χ1) is 12.1. The largest absolute Gasteiger partial charge is 0.494 e. The van der Waals surface area contributed by atoms with Crippen molar-refractivity contribution in [3.05, 3.63) is 18.2 Å². The van der Waals surface area contributed by atoms with Crippen LogP contribution in [0, 0.1) is 5.92 Å². The standard InChI is InChI=1S/C17H22N4O3S/c1-2-24-12-5-6-13-14(8-12)20-17(19-13)25-10-15(22)21-7-3-4-11(9-21)16(18)23/h5-6,8,11H,2-4,7,9-10H2,1H3,(H2,18,23)(H,19,20). The van der Waals surface area contributed by atoms with E-state index in [1.54, 1.807) is 4.90 Å². The lowest BCUT2D eigenvalue weighted by Crippen LogP contribution is -2.44. The zero-order valence-electron chi connectivity index (χ0n) is 14.2. The molecule has 1 fully saturated rings. The van der Waals surface area contributed by atoms with Gasteiger partial charge >= 0.3 is 0 Å². The monoisotopic (exact) mass is 362 g/mol. The van der Waals surface area contributed by atoms with E-state index in [4.69, 9.17) is 10.5 Å². The van der Waals surface area contributed by atoms with Crippen molar-refractivity contribution in [2.75, 3.05) is 25.4 Å². The molecule has 0 radical (unpaired) electrons. The molecule has 0 bridgehead atoms. The molecule has 1 atom stereocenters. The fourth-order valence-electron chi connectivity index (χ4n) is 2.95. The van der Waals surface area contributed by atoms with Crippen LogP contribution in [0.5, 0.6) is 5.75 Å². The summed E-state index contributed by atoms with van der Waals surface area (Å²) in [6.07, 6.45) is 1.58. The highest BCUT2D eigenvalue weighted by atomic mass is 32.2. The molecule has 0 spiro atoms. The van der Waals surface area contributed by atoms with Gasteiger partial charge in [0.25, 0.3) is 0 Å². The number of rotatable bonds is 6. The number of amides is 2. The smallest absolute Gasteiger partial charge is 0.233 e. The number of aromatic amines is 1. The Morgan fingerprint density at radius 1 is 1.48 bits per heavy atom. The molecule has 1 aromatic carbocycles. The van der Waals surface area contributed by atoms with Crippen LogP contribution in [0.15, 0.2) is 23.4 Å². The molecule has 2 aromatic rings. The molecule has 0 saturated carbocycles. The fourth-order valence-corrected chi connectivity index (χ4v) is 3.74. The van der Waals surface area contributed by atoms with Gasteiger partial charge in [-0.15, -0.1) is 0 Å². The van der Waals surface area contributed by atoms with Crippen LogP contribution >= 0.6 is 11.8 Å². The number of aromatic nitrogens is 2. The van der Waals surface area contributed by atoms with Crippen LogP contribution in [0.1, 0.15) is 19.8 Å². The summed E-state index contributed by atoms with van der Waals surface area (Å²) in [6, 6.07) is 5.68. The lowest BCUT2D eigenvalue weighted by molar-refractivity contribution is -0.132. The number of imidazole rings is 1. The molecule has 1 aliphatic rings. The maximum absolute atomic E-state index is 12.4. The molecular weight excluding hydrogens is 340 g/mol. The van der Waals surface area contributed by atoms with Crippen molar-refractivity contribution in [1.82, 2.24) is 14.9 Å². The molecule has 3 N–H and O–H groups in total. The first kappa shape index (κ1) is 17.6. The molecule has 2 amide bonds. The number of nitrogens with two attached hydrogens (primary N) is 1. The molecule has 0 aliphatic carbocycles. The first-order valence-corrected chi connectivity index (χ1v) is 9.38. The number of carbonyl (C=O) groups excluding carboxylic acids is 2. The molecule has 3 rings (SSSR count). The van der Waals surface area contributed by atoms with Gasteiger partial charge in [0.05, 0.1) is 29.3 Å². The van der Waals surface area contributed by atoms with Crippen molar-refractivity contribution in [3.63, 3.8) is 0 Å². The highest BCUT2D eigenvalue weighted by Gasteiger charge is 2.26. The topological polar surface area (TPSA) is 101 Å². The van der Waals surface area contributed by atoms with E-state index >= 15 is 0 Å². The number of fused-ring (bicyclic) bond motifs is 1. The van der Waals surface area contributed by atoms with Gasteiger partial charge in [0.1, 0.15) is 5.75 Å². The summed E-state index contributed by atoms with van der Waals surface area (Å²) >= 11 is 1.36. The van der Waals surface area contributed by atoms with Crippen molar-refractivity contribution >= 4 is 34.6 Å². The predicted molar refractivity (Wildman–Crippen MR) is 96.5 cm³/mol. The molecular formula is C17H22N4O3S. The van der Waals surface area contributed by atoms with E-state index in [9.17, 15) is 9.59 Å². The van der Waals surface area contributed by atoms with E-state index in [-0.39, 0.29) is 23.5 Å². The normalized spacial score (nSPS) is 17.6. The molecule has 8 heteroatoms. The number of hydrogen-bond acceptors (Lipinski definition) is 5. The third-order valence-electron chi connectivity index (χ3n) is 4.25. The molecule has 7 nitrogen and oxygen atoms in total. The summed E-state index contributed by atoms with van der Waals surface area (Å²) in [5, 5.41) is 0.695. The van der Waals surface area contributed by atoms with Gasteiger partial charge in [0, 0.05) is 19.2 Å². The van der Waals surface area contributed by atoms with E-state index < -0.39 is 0 Å². The molecule has 1 aliphatic heterocycles. The first-order valence-electron chi connectivity index (χ1n) is 8.39. The number of benzene rings is 1. The number of thioether (sulfide) groups is 1. The Morgan fingerprint density at radius 2 is 2.32 bits per heavy atom. The number of likely N-dealkylation sites (tertiary alicyclic amines) is 1. The second-order valence-electron chi connectivity index (χ2n) is 6.02. The Hall–Kier alpha value is -2.22. The van der Waals surface area contributed by atoms with Crippen molar-refractivity contribution in [2.45, 2.75) is 24.9 Å². The van der Waals surface area contributed by atoms with Crippen LogP contribution in [0.4, 0.5) is 0 Å². The summed E-state index contributed by atoms with van der Waals surface area (Å²) in [7, 11) is 0. The van der Waals surface area contributed by atoms with Crippen LogP contribution in [-0.2, 0) is 9.59 Å². The van der Waals surface area contributed by atoms with Crippen molar-refractivity contribution in [3.8, 4) is 5.75 Å². The maximum atomic E-state index is 12.4. The Balaban J connectivity index is 1.60. The number of carbonyl (C=O) groups is 2. The quantitative estimate of drug-likeness (QED) is 0.763. The second kappa shape index (κ2) is 7.77. The average Bonchev–Trinajstić information content (AvgIpc) is 3.02. The van der Waals surface area contributed by atoms with Crippen molar-refractivity contribution < 1.29 is 14.3 Å². The minimum atomic E-state index is -0.326. The van der Waals surface area contributed by atoms with Gasteiger partial charge in [0.2, 0.25) is 11.8 Å². The molecule has 134 valence electrons. The summed E-state index contributed by atoms with van der Waals surface area (Å²) in [4.78, 5) is 33.1. The Kier molecular flexibility index (Phi) is 5.47. The number of nitrogens with one attached hydrogen (secondary N) is 1. The zero-order valence-corrected chi connectivity index (χ0v) is 15.0. The number of H-pyrrole nitrogens is 1. The lowest BCUT2D eigenvalue weighted by atomic mass is 9.97. The third kappa shape index (κ3) is 4.25. The minimum absolute atomic E-state index is 0.00594. The van der Waals surface area contributed by atoms with Crippen LogP contribution < -0.4 is 10.5 Å². The summed E-state index contributed by atoms with van der Waals surface area (Å²) < 4.78 is 5.48. The number of primary amides is 1. The second-order valence-corrected chi connectivity index (χ2v) is 6.99.